The Bertz CT molecular complexity index is 132. The van der Waals surface area contributed by atoms with E-state index in [2.05, 4.69) is 11.9 Å². The summed E-state index contributed by atoms with van der Waals surface area (Å²) in [6.07, 6.45) is 10.9. The molecule has 2 heteroatoms. The number of hydrogen-bond acceptors (Lipinski definition) is 1. The molecule has 0 aromatic carbocycles. The molecule has 84 valence electrons. The van der Waals surface area contributed by atoms with E-state index in [0.29, 0.717) is 0 Å². The number of rotatable bonds is 7. The normalized spacial score (nSPS) is 18.2. The molecule has 0 radical (unpaired) electrons. The summed E-state index contributed by atoms with van der Waals surface area (Å²) < 4.78 is 0. The summed E-state index contributed by atoms with van der Waals surface area (Å²) in [5, 5.41) is 0. The molecule has 1 nitrogen and oxygen atoms in total. The molecule has 0 bridgehead atoms. The summed E-state index contributed by atoms with van der Waals surface area (Å²) in [7, 11) is 2.29. The molecule has 1 aliphatic rings. The van der Waals surface area contributed by atoms with E-state index in [1.54, 1.807) is 0 Å². The first-order valence-corrected chi connectivity index (χ1v) is 6.64. The number of halogens is 1. The van der Waals surface area contributed by atoms with Gasteiger partial charge < -0.3 is 4.90 Å². The highest BCUT2D eigenvalue weighted by Crippen LogP contribution is 2.22. The second-order valence-corrected chi connectivity index (χ2v) is 4.90. The van der Waals surface area contributed by atoms with Crippen molar-refractivity contribution >= 4 is 11.6 Å². The Balaban J connectivity index is 1.94. The Kier molecular flexibility index (Phi) is 6.63. The number of alkyl halides is 1. The Labute approximate surface area is 93.8 Å². The van der Waals surface area contributed by atoms with Crippen molar-refractivity contribution in [3.63, 3.8) is 0 Å². The molecule has 0 aromatic rings. The van der Waals surface area contributed by atoms with Crippen molar-refractivity contribution < 1.29 is 0 Å². The molecular formula is C12H24ClN. The molecule has 0 spiro atoms. The van der Waals surface area contributed by atoms with E-state index >= 15 is 0 Å². The van der Waals surface area contributed by atoms with Gasteiger partial charge in [0.2, 0.25) is 0 Å². The molecule has 0 N–H and O–H groups in total. The molecule has 0 unspecified atom stereocenters. The van der Waals surface area contributed by atoms with Gasteiger partial charge in [0.25, 0.3) is 0 Å². The molecule has 1 fully saturated rings. The van der Waals surface area contributed by atoms with Crippen molar-refractivity contribution in [3.8, 4) is 0 Å². The summed E-state index contributed by atoms with van der Waals surface area (Å²) >= 11 is 5.64. The maximum Gasteiger partial charge on any atom is 0.0223 e. The molecule has 1 rings (SSSR count). The first-order valence-electron chi connectivity index (χ1n) is 6.11. The topological polar surface area (TPSA) is 3.24 Å². The minimum Gasteiger partial charge on any atom is -0.303 e. The first kappa shape index (κ1) is 12.3. The van der Waals surface area contributed by atoms with E-state index in [-0.39, 0.29) is 0 Å². The van der Waals surface area contributed by atoms with Crippen molar-refractivity contribution in [1.29, 1.82) is 0 Å². The zero-order chi connectivity index (χ0) is 10.2. The summed E-state index contributed by atoms with van der Waals surface area (Å²) in [4.78, 5) is 2.56. The molecular weight excluding hydrogens is 194 g/mol. The molecule has 0 aliphatic heterocycles. The van der Waals surface area contributed by atoms with Gasteiger partial charge in [-0.25, -0.2) is 0 Å². The Morgan fingerprint density at radius 2 is 1.71 bits per heavy atom. The quantitative estimate of drug-likeness (QED) is 0.465. The summed E-state index contributed by atoms with van der Waals surface area (Å²) in [6.45, 7) is 1.28. The Hall–Kier alpha value is 0.250. The Morgan fingerprint density at radius 3 is 2.36 bits per heavy atom. The van der Waals surface area contributed by atoms with Crippen molar-refractivity contribution in [2.24, 2.45) is 0 Å². The molecule has 14 heavy (non-hydrogen) atoms. The second-order valence-electron chi connectivity index (χ2n) is 4.52. The van der Waals surface area contributed by atoms with Crippen LogP contribution in [0.5, 0.6) is 0 Å². The fraction of sp³-hybridized carbons (Fsp3) is 1.00. The zero-order valence-corrected chi connectivity index (χ0v) is 10.2. The first-order chi connectivity index (χ1) is 6.84. The van der Waals surface area contributed by atoms with Crippen LogP contribution in [0.4, 0.5) is 0 Å². The van der Waals surface area contributed by atoms with Gasteiger partial charge in [-0.2, -0.15) is 0 Å². The van der Waals surface area contributed by atoms with Crippen LogP contribution in [0.2, 0.25) is 0 Å². The van der Waals surface area contributed by atoms with Crippen LogP contribution in [0.1, 0.15) is 51.4 Å². The lowest BCUT2D eigenvalue weighted by Crippen LogP contribution is -2.29. The van der Waals surface area contributed by atoms with Crippen molar-refractivity contribution in [2.75, 3.05) is 19.5 Å². The zero-order valence-electron chi connectivity index (χ0n) is 9.47. The van der Waals surface area contributed by atoms with Gasteiger partial charge in [0.1, 0.15) is 0 Å². The minimum atomic E-state index is 0.832. The monoisotopic (exact) mass is 217 g/mol. The standard InChI is InChI=1S/C12H24ClN/c1-14(12-8-4-5-9-12)11-7-3-2-6-10-13/h12H,2-11H2,1H3. The molecule has 0 aromatic heterocycles. The highest BCUT2D eigenvalue weighted by atomic mass is 35.5. The largest absolute Gasteiger partial charge is 0.303 e. The van der Waals surface area contributed by atoms with Gasteiger partial charge in [0.05, 0.1) is 0 Å². The van der Waals surface area contributed by atoms with Crippen LogP contribution in [-0.4, -0.2) is 30.4 Å². The average Bonchev–Trinajstić information content (AvgIpc) is 2.70. The van der Waals surface area contributed by atoms with Gasteiger partial charge in [0.15, 0.2) is 0 Å². The number of nitrogens with zero attached hydrogens (tertiary/aromatic N) is 1. The third-order valence-electron chi connectivity index (χ3n) is 3.34. The van der Waals surface area contributed by atoms with Crippen LogP contribution >= 0.6 is 11.6 Å². The van der Waals surface area contributed by atoms with Crippen LogP contribution in [0, 0.1) is 0 Å². The van der Waals surface area contributed by atoms with E-state index in [9.17, 15) is 0 Å². The van der Waals surface area contributed by atoms with E-state index in [1.807, 2.05) is 0 Å². The summed E-state index contributed by atoms with van der Waals surface area (Å²) in [6, 6.07) is 0.892. The number of unbranched alkanes of at least 4 members (excludes halogenated alkanes) is 3. The highest BCUT2D eigenvalue weighted by Gasteiger charge is 2.18. The van der Waals surface area contributed by atoms with Crippen LogP contribution < -0.4 is 0 Å². The fourth-order valence-corrected chi connectivity index (χ4v) is 2.53. The Morgan fingerprint density at radius 1 is 1.07 bits per heavy atom. The molecule has 0 saturated heterocycles. The van der Waals surface area contributed by atoms with E-state index < -0.39 is 0 Å². The lowest BCUT2D eigenvalue weighted by Gasteiger charge is -2.23. The van der Waals surface area contributed by atoms with Gasteiger partial charge in [-0.1, -0.05) is 25.7 Å². The summed E-state index contributed by atoms with van der Waals surface area (Å²) in [5.74, 6) is 0.832. The second kappa shape index (κ2) is 7.53. The van der Waals surface area contributed by atoms with Crippen LogP contribution in [0.15, 0.2) is 0 Å². The number of hydrogen-bond donors (Lipinski definition) is 0. The fourth-order valence-electron chi connectivity index (χ4n) is 2.34. The van der Waals surface area contributed by atoms with Crippen LogP contribution in [0.3, 0.4) is 0 Å². The third-order valence-corrected chi connectivity index (χ3v) is 3.61. The maximum absolute atomic E-state index is 5.64. The maximum atomic E-state index is 5.64. The van der Waals surface area contributed by atoms with E-state index in [0.717, 1.165) is 11.9 Å². The van der Waals surface area contributed by atoms with Gasteiger partial charge in [0, 0.05) is 11.9 Å². The van der Waals surface area contributed by atoms with Crippen molar-refractivity contribution in [3.05, 3.63) is 0 Å². The summed E-state index contributed by atoms with van der Waals surface area (Å²) in [5.41, 5.74) is 0. The van der Waals surface area contributed by atoms with E-state index in [1.165, 1.54) is 57.9 Å². The van der Waals surface area contributed by atoms with Crippen LogP contribution in [-0.2, 0) is 0 Å². The smallest absolute Gasteiger partial charge is 0.0223 e. The highest BCUT2D eigenvalue weighted by molar-refractivity contribution is 6.17. The molecule has 1 aliphatic carbocycles. The average molecular weight is 218 g/mol. The van der Waals surface area contributed by atoms with Gasteiger partial charge in [-0.3, -0.25) is 0 Å². The van der Waals surface area contributed by atoms with Gasteiger partial charge in [-0.05, 0) is 39.3 Å². The molecule has 0 heterocycles. The predicted octanol–water partition coefficient (Wildman–Crippen LogP) is 3.66. The van der Waals surface area contributed by atoms with Crippen LogP contribution in [0.25, 0.3) is 0 Å². The van der Waals surface area contributed by atoms with Crippen molar-refractivity contribution in [1.82, 2.24) is 4.90 Å². The third kappa shape index (κ3) is 4.65. The predicted molar refractivity (Wildman–Crippen MR) is 64.1 cm³/mol. The van der Waals surface area contributed by atoms with Gasteiger partial charge >= 0.3 is 0 Å². The van der Waals surface area contributed by atoms with Crippen molar-refractivity contribution in [2.45, 2.75) is 57.4 Å². The van der Waals surface area contributed by atoms with E-state index in [4.69, 9.17) is 11.6 Å². The van der Waals surface area contributed by atoms with Gasteiger partial charge in [-0.15, -0.1) is 11.6 Å². The lowest BCUT2D eigenvalue weighted by atomic mass is 10.1. The minimum absolute atomic E-state index is 0.832. The molecule has 0 amide bonds. The molecule has 0 atom stereocenters. The lowest BCUT2D eigenvalue weighted by molar-refractivity contribution is 0.240. The SMILES string of the molecule is CN(CCCCCCCl)C1CCCC1. The molecule has 1 saturated carbocycles.